The summed E-state index contributed by atoms with van der Waals surface area (Å²) < 4.78 is 0. The molecular formula is C15H16N2O2. The summed E-state index contributed by atoms with van der Waals surface area (Å²) in [6, 6.07) is 8.16. The van der Waals surface area contributed by atoms with Crippen LogP contribution in [0.5, 0.6) is 0 Å². The lowest BCUT2D eigenvalue weighted by Gasteiger charge is -2.14. The molecule has 1 aromatic carbocycles. The lowest BCUT2D eigenvalue weighted by molar-refractivity contribution is -0.127. The number of hydrogen-bond acceptors (Lipinski definition) is 2. The molecule has 1 aliphatic heterocycles. The quantitative estimate of drug-likeness (QED) is 0.852. The van der Waals surface area contributed by atoms with E-state index in [0.717, 1.165) is 17.6 Å². The average Bonchev–Trinajstić information content (AvgIpc) is 2.86. The van der Waals surface area contributed by atoms with Crippen molar-refractivity contribution in [3.05, 3.63) is 35.5 Å². The van der Waals surface area contributed by atoms with Crippen molar-refractivity contribution in [2.24, 2.45) is 0 Å². The van der Waals surface area contributed by atoms with Gasteiger partial charge >= 0.3 is 0 Å². The molecule has 2 aromatic rings. The fraction of sp³-hybridized carbons (Fsp3) is 0.333. The SMILES string of the molecule is Cc1[nH]c2ccccc2c1CCN1CC(=O)CC1=O. The highest BCUT2D eigenvalue weighted by Crippen LogP contribution is 2.22. The number of rotatable bonds is 3. The molecule has 0 radical (unpaired) electrons. The van der Waals surface area contributed by atoms with E-state index in [4.69, 9.17) is 0 Å². The summed E-state index contributed by atoms with van der Waals surface area (Å²) in [7, 11) is 0. The van der Waals surface area contributed by atoms with Gasteiger partial charge in [0.25, 0.3) is 0 Å². The zero-order valence-corrected chi connectivity index (χ0v) is 10.9. The van der Waals surface area contributed by atoms with Crippen LogP contribution < -0.4 is 0 Å². The summed E-state index contributed by atoms with van der Waals surface area (Å²) in [4.78, 5) is 27.8. The van der Waals surface area contributed by atoms with Crippen molar-refractivity contribution >= 4 is 22.6 Å². The second-order valence-electron chi connectivity index (χ2n) is 5.05. The number of Topliss-reactive ketones (excluding diaryl/α,β-unsaturated/α-hetero) is 1. The van der Waals surface area contributed by atoms with Gasteiger partial charge in [-0.2, -0.15) is 0 Å². The zero-order valence-electron chi connectivity index (χ0n) is 10.9. The van der Waals surface area contributed by atoms with Crippen LogP contribution >= 0.6 is 0 Å². The van der Waals surface area contributed by atoms with Gasteiger partial charge in [-0.25, -0.2) is 0 Å². The second-order valence-corrected chi connectivity index (χ2v) is 5.05. The predicted octanol–water partition coefficient (Wildman–Crippen LogP) is 1.82. The van der Waals surface area contributed by atoms with Crippen molar-refractivity contribution in [1.29, 1.82) is 0 Å². The van der Waals surface area contributed by atoms with E-state index in [1.807, 2.05) is 19.1 Å². The molecule has 1 amide bonds. The molecule has 3 rings (SSSR count). The van der Waals surface area contributed by atoms with E-state index in [-0.39, 0.29) is 24.7 Å². The molecule has 19 heavy (non-hydrogen) atoms. The summed E-state index contributed by atoms with van der Waals surface area (Å²) in [5, 5.41) is 1.21. The number of ketones is 1. The first-order valence-corrected chi connectivity index (χ1v) is 6.51. The van der Waals surface area contributed by atoms with Crippen LogP contribution in [-0.4, -0.2) is 34.7 Å². The largest absolute Gasteiger partial charge is 0.358 e. The summed E-state index contributed by atoms with van der Waals surface area (Å²) in [5.74, 6) is -0.0110. The number of para-hydroxylation sites is 1. The minimum absolute atomic E-state index is 0.0284. The topological polar surface area (TPSA) is 53.2 Å². The van der Waals surface area contributed by atoms with E-state index in [1.54, 1.807) is 4.90 Å². The number of amides is 1. The van der Waals surface area contributed by atoms with E-state index >= 15 is 0 Å². The Morgan fingerprint density at radius 2 is 2.05 bits per heavy atom. The maximum atomic E-state index is 11.6. The van der Waals surface area contributed by atoms with Crippen molar-refractivity contribution in [3.63, 3.8) is 0 Å². The van der Waals surface area contributed by atoms with Crippen LogP contribution in [0.3, 0.4) is 0 Å². The Bertz CT molecular complexity index is 657. The fourth-order valence-corrected chi connectivity index (χ4v) is 2.74. The van der Waals surface area contributed by atoms with E-state index in [0.29, 0.717) is 6.54 Å². The number of aromatic nitrogens is 1. The number of carbonyl (C=O) groups is 2. The van der Waals surface area contributed by atoms with E-state index in [1.165, 1.54) is 10.9 Å². The number of aromatic amines is 1. The molecule has 0 aliphatic carbocycles. The Kier molecular flexibility index (Phi) is 2.85. The molecule has 4 heteroatoms. The highest BCUT2D eigenvalue weighted by molar-refractivity contribution is 6.05. The molecule has 0 bridgehead atoms. The Balaban J connectivity index is 1.80. The van der Waals surface area contributed by atoms with Gasteiger partial charge in [-0.3, -0.25) is 9.59 Å². The van der Waals surface area contributed by atoms with Gasteiger partial charge < -0.3 is 9.88 Å². The van der Waals surface area contributed by atoms with Crippen molar-refractivity contribution < 1.29 is 9.59 Å². The Labute approximate surface area is 111 Å². The number of carbonyl (C=O) groups excluding carboxylic acids is 2. The second kappa shape index (κ2) is 4.53. The number of H-pyrrole nitrogens is 1. The smallest absolute Gasteiger partial charge is 0.230 e. The third kappa shape index (κ3) is 2.14. The summed E-state index contributed by atoms with van der Waals surface area (Å²) in [5.41, 5.74) is 3.50. The molecular weight excluding hydrogens is 240 g/mol. The van der Waals surface area contributed by atoms with E-state index in [2.05, 4.69) is 17.1 Å². The monoisotopic (exact) mass is 256 g/mol. The van der Waals surface area contributed by atoms with Crippen LogP contribution in [0.4, 0.5) is 0 Å². The standard InChI is InChI=1S/C15H16N2O2/c1-10-12(13-4-2-3-5-14(13)16-10)6-7-17-9-11(18)8-15(17)19/h2-5,16H,6-9H2,1H3. The number of fused-ring (bicyclic) bond motifs is 1. The van der Waals surface area contributed by atoms with Crippen LogP contribution in [0, 0.1) is 6.92 Å². The van der Waals surface area contributed by atoms with Crippen LogP contribution in [0.2, 0.25) is 0 Å². The van der Waals surface area contributed by atoms with Gasteiger partial charge in [0, 0.05) is 23.1 Å². The van der Waals surface area contributed by atoms with Crippen LogP contribution in [0.15, 0.2) is 24.3 Å². The van der Waals surface area contributed by atoms with Crippen molar-refractivity contribution in [2.75, 3.05) is 13.1 Å². The highest BCUT2D eigenvalue weighted by Gasteiger charge is 2.27. The number of likely N-dealkylation sites (tertiary alicyclic amines) is 1. The molecule has 1 aliphatic rings. The molecule has 0 saturated carbocycles. The van der Waals surface area contributed by atoms with E-state index in [9.17, 15) is 9.59 Å². The molecule has 0 atom stereocenters. The zero-order chi connectivity index (χ0) is 13.4. The normalized spacial score (nSPS) is 15.7. The first kappa shape index (κ1) is 12.0. The molecule has 98 valence electrons. The maximum Gasteiger partial charge on any atom is 0.230 e. The van der Waals surface area contributed by atoms with Gasteiger partial charge in [-0.05, 0) is 25.0 Å². The molecule has 1 saturated heterocycles. The van der Waals surface area contributed by atoms with Crippen LogP contribution in [0.25, 0.3) is 10.9 Å². The van der Waals surface area contributed by atoms with Crippen molar-refractivity contribution in [1.82, 2.24) is 9.88 Å². The third-order valence-electron chi connectivity index (χ3n) is 3.73. The van der Waals surface area contributed by atoms with Gasteiger partial charge in [0.2, 0.25) is 5.91 Å². The third-order valence-corrected chi connectivity index (χ3v) is 3.73. The summed E-state index contributed by atoms with van der Waals surface area (Å²) in [6.07, 6.45) is 0.863. The number of aryl methyl sites for hydroxylation is 1. The number of benzene rings is 1. The van der Waals surface area contributed by atoms with E-state index < -0.39 is 0 Å². The van der Waals surface area contributed by atoms with Gasteiger partial charge in [0.1, 0.15) is 0 Å². The van der Waals surface area contributed by atoms with Gasteiger partial charge in [0.15, 0.2) is 5.78 Å². The highest BCUT2D eigenvalue weighted by atomic mass is 16.2. The average molecular weight is 256 g/mol. The number of hydrogen-bond donors (Lipinski definition) is 1. The number of nitrogens with zero attached hydrogens (tertiary/aromatic N) is 1. The molecule has 2 heterocycles. The molecule has 1 N–H and O–H groups in total. The fourth-order valence-electron chi connectivity index (χ4n) is 2.74. The van der Waals surface area contributed by atoms with Gasteiger partial charge in [-0.15, -0.1) is 0 Å². The summed E-state index contributed by atoms with van der Waals surface area (Å²) >= 11 is 0. The molecule has 1 fully saturated rings. The lowest BCUT2D eigenvalue weighted by atomic mass is 10.1. The Morgan fingerprint density at radius 3 is 2.79 bits per heavy atom. The Morgan fingerprint density at radius 1 is 1.26 bits per heavy atom. The molecule has 1 aromatic heterocycles. The number of nitrogens with one attached hydrogen (secondary N) is 1. The summed E-state index contributed by atoms with van der Waals surface area (Å²) in [6.45, 7) is 2.94. The van der Waals surface area contributed by atoms with Crippen LogP contribution in [0.1, 0.15) is 17.7 Å². The predicted molar refractivity (Wildman–Crippen MR) is 72.9 cm³/mol. The lowest BCUT2D eigenvalue weighted by Crippen LogP contribution is -2.27. The van der Waals surface area contributed by atoms with Crippen LogP contribution in [-0.2, 0) is 16.0 Å². The molecule has 0 spiro atoms. The van der Waals surface area contributed by atoms with Gasteiger partial charge in [-0.1, -0.05) is 18.2 Å². The Hall–Kier alpha value is -2.10. The minimum atomic E-state index is -0.0394. The van der Waals surface area contributed by atoms with Crippen molar-refractivity contribution in [3.8, 4) is 0 Å². The van der Waals surface area contributed by atoms with Gasteiger partial charge in [0.05, 0.1) is 13.0 Å². The minimum Gasteiger partial charge on any atom is -0.358 e. The maximum absolute atomic E-state index is 11.6. The first-order chi connectivity index (χ1) is 9.15. The van der Waals surface area contributed by atoms with Crippen molar-refractivity contribution in [2.45, 2.75) is 19.8 Å². The first-order valence-electron chi connectivity index (χ1n) is 6.51. The molecule has 0 unspecified atom stereocenters. The molecule has 4 nitrogen and oxygen atoms in total.